The van der Waals surface area contributed by atoms with E-state index in [1.807, 2.05) is 20.9 Å². The Hall–Kier alpha value is -3.14. The van der Waals surface area contributed by atoms with Crippen LogP contribution in [0.1, 0.15) is 39.2 Å². The fourth-order valence-electron chi connectivity index (χ4n) is 4.82. The zero-order valence-corrected chi connectivity index (χ0v) is 18.2. The molecule has 0 spiro atoms. The van der Waals surface area contributed by atoms with E-state index in [9.17, 15) is 14.3 Å². The maximum atomic E-state index is 14.9. The average molecular weight is 439 g/mol. The van der Waals surface area contributed by atoms with Crippen LogP contribution in [0.4, 0.5) is 10.2 Å². The van der Waals surface area contributed by atoms with E-state index in [2.05, 4.69) is 25.6 Å². The third kappa shape index (κ3) is 3.38. The normalized spacial score (nSPS) is 24.9. The monoisotopic (exact) mass is 439 g/mol. The lowest BCUT2D eigenvalue weighted by molar-refractivity contribution is 0.176. The molecule has 5 rings (SSSR count). The van der Waals surface area contributed by atoms with Crippen LogP contribution in [0.5, 0.6) is 5.75 Å². The Balaban J connectivity index is 1.44. The number of phenols is 1. The first-order valence-corrected chi connectivity index (χ1v) is 10.9. The van der Waals surface area contributed by atoms with Gasteiger partial charge in [0.05, 0.1) is 35.4 Å². The Morgan fingerprint density at radius 2 is 2.06 bits per heavy atom. The first-order valence-electron chi connectivity index (χ1n) is 10.9. The molecule has 2 bridgehead atoms. The van der Waals surface area contributed by atoms with Gasteiger partial charge in [0.1, 0.15) is 11.9 Å². The molecule has 0 aliphatic carbocycles. The molecule has 4 atom stereocenters. The molecule has 2 aromatic heterocycles. The third-order valence-electron chi connectivity index (χ3n) is 6.62. The number of nitrogens with zero attached hydrogens (tertiary/aromatic N) is 6. The quantitative estimate of drug-likeness (QED) is 0.637. The molecule has 0 radical (unpaired) electrons. The number of alkyl halides is 1. The summed E-state index contributed by atoms with van der Waals surface area (Å²) in [6.45, 7) is 3.73. The molecule has 3 unspecified atom stereocenters. The number of aromatic nitrogens is 5. The van der Waals surface area contributed by atoms with Crippen LogP contribution in [0.15, 0.2) is 29.3 Å². The van der Waals surface area contributed by atoms with Crippen LogP contribution in [0, 0.1) is 0 Å². The molecule has 2 aliphatic heterocycles. The van der Waals surface area contributed by atoms with Crippen molar-refractivity contribution in [2.45, 2.75) is 63.4 Å². The summed E-state index contributed by atoms with van der Waals surface area (Å²) >= 11 is 0. The van der Waals surface area contributed by atoms with Crippen LogP contribution in [0.2, 0.25) is 0 Å². The van der Waals surface area contributed by atoms with Crippen LogP contribution in [0.25, 0.3) is 22.2 Å². The molecule has 168 valence electrons. The largest absolute Gasteiger partial charge is 0.507 e. The molecule has 2 fully saturated rings. The van der Waals surface area contributed by atoms with Crippen molar-refractivity contribution in [3.63, 3.8) is 0 Å². The van der Waals surface area contributed by atoms with Gasteiger partial charge in [0.15, 0.2) is 11.6 Å². The number of hydrogen-bond acceptors (Lipinski definition) is 8. The Kier molecular flexibility index (Phi) is 5.04. The summed E-state index contributed by atoms with van der Waals surface area (Å²) in [5.41, 5.74) is 0.0815. The Bertz CT molecular complexity index is 1210. The Labute approximate surface area is 184 Å². The lowest BCUT2D eigenvalue weighted by Gasteiger charge is -2.38. The third-order valence-corrected chi connectivity index (χ3v) is 6.62. The highest BCUT2D eigenvalue weighted by molar-refractivity contribution is 5.88. The van der Waals surface area contributed by atoms with Gasteiger partial charge in [-0.25, -0.2) is 14.1 Å². The highest BCUT2D eigenvalue weighted by Crippen LogP contribution is 2.34. The second kappa shape index (κ2) is 7.77. The number of hydrogen-bond donors (Lipinski definition) is 2. The van der Waals surface area contributed by atoms with Crippen molar-refractivity contribution in [2.75, 3.05) is 11.9 Å². The SMILES string of the molecule is CC(C)n1ncc2cc(-c3ncc(N(C)C4CC5CCC(N5)[C@@H]4F)nn3)c(O)cc2c1=O. The Morgan fingerprint density at radius 1 is 1.25 bits per heavy atom. The van der Waals surface area contributed by atoms with Crippen LogP contribution < -0.4 is 15.8 Å². The van der Waals surface area contributed by atoms with E-state index in [1.54, 1.807) is 17.2 Å². The first kappa shape index (κ1) is 20.7. The van der Waals surface area contributed by atoms with Gasteiger partial charge in [0, 0.05) is 24.5 Å². The predicted octanol–water partition coefficient (Wildman–Crippen LogP) is 2.20. The average Bonchev–Trinajstić information content (AvgIpc) is 3.19. The van der Waals surface area contributed by atoms with Gasteiger partial charge in [-0.3, -0.25) is 4.79 Å². The van der Waals surface area contributed by atoms with Crippen LogP contribution >= 0.6 is 0 Å². The number of halogens is 1. The van der Waals surface area contributed by atoms with E-state index in [0.717, 1.165) is 12.8 Å². The number of rotatable bonds is 4. The van der Waals surface area contributed by atoms with Gasteiger partial charge in [0.25, 0.3) is 5.56 Å². The highest BCUT2D eigenvalue weighted by Gasteiger charge is 2.43. The molecule has 4 heterocycles. The molecule has 32 heavy (non-hydrogen) atoms. The molecule has 0 saturated carbocycles. The lowest BCUT2D eigenvalue weighted by Crippen LogP contribution is -2.55. The molecule has 2 saturated heterocycles. The number of fused-ring (bicyclic) bond motifs is 3. The maximum absolute atomic E-state index is 14.9. The van der Waals surface area contributed by atoms with Gasteiger partial charge in [0.2, 0.25) is 0 Å². The van der Waals surface area contributed by atoms with Crippen molar-refractivity contribution in [1.29, 1.82) is 0 Å². The number of aromatic hydroxyl groups is 1. The molecule has 0 amide bonds. The number of nitrogens with one attached hydrogen (secondary N) is 1. The van der Waals surface area contributed by atoms with Crippen LogP contribution in [-0.4, -0.2) is 61.4 Å². The number of anilines is 1. The molecule has 2 N–H and O–H groups in total. The van der Waals surface area contributed by atoms with Gasteiger partial charge >= 0.3 is 0 Å². The van der Waals surface area contributed by atoms with Gasteiger partial charge < -0.3 is 15.3 Å². The molecule has 1 aromatic carbocycles. The fraction of sp³-hybridized carbons (Fsp3) is 0.500. The standard InChI is InChI=1S/C22H26FN7O2/c1-11(2)30-22(32)14-8-18(31)15(6-12(14)9-25-30)21-24-10-19(27-28-21)29(3)17-7-13-4-5-16(26-13)20(17)23/h6,8-11,13,16-17,20,26,31H,4-5,7H2,1-3H3/t13?,16?,17?,20-/m0/s1. The minimum atomic E-state index is -0.979. The fourth-order valence-corrected chi connectivity index (χ4v) is 4.82. The highest BCUT2D eigenvalue weighted by atomic mass is 19.1. The van der Waals surface area contributed by atoms with E-state index < -0.39 is 6.17 Å². The lowest BCUT2D eigenvalue weighted by atomic mass is 9.96. The van der Waals surface area contributed by atoms with Gasteiger partial charge in [-0.05, 0) is 45.2 Å². The van der Waals surface area contributed by atoms with Gasteiger partial charge in [-0.1, -0.05) is 0 Å². The second-order valence-corrected chi connectivity index (χ2v) is 8.99. The summed E-state index contributed by atoms with van der Waals surface area (Å²) in [4.78, 5) is 18.8. The summed E-state index contributed by atoms with van der Waals surface area (Å²) in [6, 6.07) is 2.90. The van der Waals surface area contributed by atoms with Crippen molar-refractivity contribution in [2.24, 2.45) is 0 Å². The van der Waals surface area contributed by atoms with Gasteiger partial charge in [-0.2, -0.15) is 5.10 Å². The minimum Gasteiger partial charge on any atom is -0.507 e. The van der Waals surface area contributed by atoms with Crippen molar-refractivity contribution in [3.8, 4) is 17.1 Å². The van der Waals surface area contributed by atoms with Crippen molar-refractivity contribution >= 4 is 16.6 Å². The molecule has 10 heteroatoms. The van der Waals surface area contributed by atoms with Crippen LogP contribution in [0.3, 0.4) is 0 Å². The van der Waals surface area contributed by atoms with E-state index in [4.69, 9.17) is 0 Å². The van der Waals surface area contributed by atoms with Crippen molar-refractivity contribution < 1.29 is 9.50 Å². The number of piperidine rings is 1. The molecular formula is C22H26FN7O2. The minimum absolute atomic E-state index is 0.0927. The van der Waals surface area contributed by atoms with Gasteiger partial charge in [-0.15, -0.1) is 10.2 Å². The maximum Gasteiger partial charge on any atom is 0.275 e. The zero-order valence-electron chi connectivity index (χ0n) is 18.2. The first-order chi connectivity index (χ1) is 15.3. The number of phenolic OH excluding ortho intramolecular Hbond substituents is 1. The van der Waals surface area contributed by atoms with Crippen molar-refractivity contribution in [1.82, 2.24) is 30.3 Å². The molecule has 9 nitrogen and oxygen atoms in total. The molecule has 3 aromatic rings. The smallest absolute Gasteiger partial charge is 0.275 e. The molecular weight excluding hydrogens is 413 g/mol. The summed E-state index contributed by atoms with van der Waals surface area (Å²) in [5, 5.41) is 27.5. The van der Waals surface area contributed by atoms with E-state index in [0.29, 0.717) is 34.6 Å². The van der Waals surface area contributed by atoms with Crippen LogP contribution in [-0.2, 0) is 0 Å². The summed E-state index contributed by atoms with van der Waals surface area (Å²) in [6.07, 6.45) is 4.71. The van der Waals surface area contributed by atoms with E-state index >= 15 is 0 Å². The summed E-state index contributed by atoms with van der Waals surface area (Å²) in [7, 11) is 1.81. The van der Waals surface area contributed by atoms with Crippen molar-refractivity contribution in [3.05, 3.63) is 34.9 Å². The predicted molar refractivity (Wildman–Crippen MR) is 119 cm³/mol. The topological polar surface area (TPSA) is 109 Å². The summed E-state index contributed by atoms with van der Waals surface area (Å²) < 4.78 is 16.3. The zero-order chi connectivity index (χ0) is 22.6. The van der Waals surface area contributed by atoms with E-state index in [-0.39, 0.29) is 35.3 Å². The second-order valence-electron chi connectivity index (χ2n) is 8.99. The Morgan fingerprint density at radius 3 is 2.78 bits per heavy atom. The molecule has 2 aliphatic rings. The number of benzene rings is 1. The summed E-state index contributed by atoms with van der Waals surface area (Å²) in [5.74, 6) is 0.582. The van der Waals surface area contributed by atoms with E-state index in [1.165, 1.54) is 16.9 Å².